The van der Waals surface area contributed by atoms with E-state index >= 15 is 0 Å². The van der Waals surface area contributed by atoms with Crippen LogP contribution >= 0.6 is 0 Å². The number of aliphatic carboxylic acids is 3. The zero-order valence-electron chi connectivity index (χ0n) is 17.6. The van der Waals surface area contributed by atoms with Crippen molar-refractivity contribution in [2.75, 3.05) is 65.6 Å². The first-order valence-corrected chi connectivity index (χ1v) is 10.1. The normalized spacial score (nSPS) is 12.8. The Morgan fingerprint density at radius 3 is 1.52 bits per heavy atom. The van der Waals surface area contributed by atoms with Crippen molar-refractivity contribution in [3.8, 4) is 0 Å². The Morgan fingerprint density at radius 2 is 1.16 bits per heavy atom. The van der Waals surface area contributed by atoms with Gasteiger partial charge in [0.25, 0.3) is 0 Å². The first-order valence-electron chi connectivity index (χ1n) is 10.1. The third-order valence-corrected chi connectivity index (χ3v) is 4.70. The van der Waals surface area contributed by atoms with Gasteiger partial charge in [-0.25, -0.2) is 0 Å². The third kappa shape index (κ3) is 12.5. The van der Waals surface area contributed by atoms with E-state index in [9.17, 15) is 34.8 Å². The molecule has 1 atom stereocenters. The fourth-order valence-electron chi connectivity index (χ4n) is 3.50. The summed E-state index contributed by atoms with van der Waals surface area (Å²) in [4.78, 5) is 36.6. The van der Waals surface area contributed by atoms with Crippen molar-refractivity contribution >= 4 is 17.9 Å². The van der Waals surface area contributed by atoms with Gasteiger partial charge in [-0.2, -0.15) is 0 Å². The minimum absolute atomic E-state index is 0.101. The number of carbonyl (C=O) groups is 3. The number of nitrogens with one attached hydrogen (secondary N) is 3. The predicted molar refractivity (Wildman–Crippen MR) is 110 cm³/mol. The molecular weight excluding hydrogens is 416 g/mol. The molecule has 0 aliphatic rings. The van der Waals surface area contributed by atoms with Gasteiger partial charge in [-0.05, 0) is 0 Å². The summed E-state index contributed by atoms with van der Waals surface area (Å²) in [6.45, 7) is 1.08. The molecule has 9 N–H and O–H groups in total. The lowest BCUT2D eigenvalue weighted by Crippen LogP contribution is -2.65. The molecule has 0 spiro atoms. The van der Waals surface area contributed by atoms with Crippen LogP contribution in [0.15, 0.2) is 0 Å². The molecule has 182 valence electrons. The van der Waals surface area contributed by atoms with E-state index in [4.69, 9.17) is 10.2 Å². The molecule has 0 aliphatic heterocycles. The minimum Gasteiger partial charge on any atom is -0.481 e. The van der Waals surface area contributed by atoms with E-state index in [2.05, 4.69) is 16.0 Å². The summed E-state index contributed by atoms with van der Waals surface area (Å²) in [5, 5.41) is 64.3. The zero-order valence-corrected chi connectivity index (χ0v) is 17.6. The molecule has 0 heterocycles. The van der Waals surface area contributed by atoms with Crippen LogP contribution in [0.5, 0.6) is 0 Å². The van der Waals surface area contributed by atoms with Gasteiger partial charge >= 0.3 is 17.9 Å². The van der Waals surface area contributed by atoms with Crippen molar-refractivity contribution < 1.29 is 45.0 Å². The van der Waals surface area contributed by atoms with Crippen molar-refractivity contribution in [3.63, 3.8) is 0 Å². The quantitative estimate of drug-likeness (QED) is 0.0777. The Bertz CT molecular complexity index is 508. The molecule has 0 bridgehead atoms. The van der Waals surface area contributed by atoms with Crippen molar-refractivity contribution in [3.05, 3.63) is 0 Å². The maximum atomic E-state index is 11.7. The van der Waals surface area contributed by atoms with Crippen LogP contribution in [0.2, 0.25) is 0 Å². The second-order valence-electron chi connectivity index (χ2n) is 7.04. The molecular formula is C18H36N4O9. The number of carboxylic acid groups (broad SMARTS) is 3. The summed E-state index contributed by atoms with van der Waals surface area (Å²) in [6, 6.07) is -1.03. The standard InChI is InChI=1S/C18H36N4O9/c23-8-3-19-1-6-22(7-2-20-4-9-24)14(11-15(26)27)18(12-16(28)29,13-17(30)31)21-5-10-25/h14,19-21,23-25H,1-13H2,(H,26,27)(H,28,29)(H,30,31). The van der Waals surface area contributed by atoms with Gasteiger partial charge in [-0.15, -0.1) is 0 Å². The Labute approximate surface area is 181 Å². The third-order valence-electron chi connectivity index (χ3n) is 4.70. The molecule has 0 fully saturated rings. The van der Waals surface area contributed by atoms with E-state index in [1.54, 1.807) is 4.90 Å². The highest BCUT2D eigenvalue weighted by Gasteiger charge is 2.45. The number of β-amino-alcohol motifs (C(OH)–C–C–N with tert-alkyl or cyclic N) is 1. The molecule has 0 aromatic rings. The van der Waals surface area contributed by atoms with E-state index in [0.717, 1.165) is 0 Å². The summed E-state index contributed by atoms with van der Waals surface area (Å²) in [5.74, 6) is -3.84. The second kappa shape index (κ2) is 16.8. The maximum absolute atomic E-state index is 11.7. The molecule has 13 heteroatoms. The first-order chi connectivity index (χ1) is 14.7. The van der Waals surface area contributed by atoms with Gasteiger partial charge < -0.3 is 46.6 Å². The van der Waals surface area contributed by atoms with Gasteiger partial charge in [-0.3, -0.25) is 19.3 Å². The number of rotatable bonds is 21. The van der Waals surface area contributed by atoms with Crippen LogP contribution in [0.4, 0.5) is 0 Å². The van der Waals surface area contributed by atoms with Crippen LogP contribution in [0.25, 0.3) is 0 Å². The fraction of sp³-hybridized carbons (Fsp3) is 0.833. The van der Waals surface area contributed by atoms with Gasteiger partial charge in [0.2, 0.25) is 0 Å². The van der Waals surface area contributed by atoms with Crippen LogP contribution in [-0.4, -0.2) is 131 Å². The van der Waals surface area contributed by atoms with E-state index in [1.165, 1.54) is 0 Å². The summed E-state index contributed by atoms with van der Waals surface area (Å²) < 4.78 is 0. The smallest absolute Gasteiger partial charge is 0.305 e. The van der Waals surface area contributed by atoms with Crippen molar-refractivity contribution in [1.82, 2.24) is 20.9 Å². The lowest BCUT2D eigenvalue weighted by Gasteiger charge is -2.45. The van der Waals surface area contributed by atoms with Crippen molar-refractivity contribution in [2.45, 2.75) is 30.8 Å². The monoisotopic (exact) mass is 452 g/mol. The van der Waals surface area contributed by atoms with Crippen LogP contribution in [-0.2, 0) is 14.4 Å². The first kappa shape index (κ1) is 29.1. The van der Waals surface area contributed by atoms with Gasteiger partial charge in [0.05, 0.1) is 44.6 Å². The lowest BCUT2D eigenvalue weighted by atomic mass is 9.80. The summed E-state index contributed by atoms with van der Waals surface area (Å²) in [7, 11) is 0. The van der Waals surface area contributed by atoms with Crippen LogP contribution in [0.1, 0.15) is 19.3 Å². The summed E-state index contributed by atoms with van der Waals surface area (Å²) >= 11 is 0. The summed E-state index contributed by atoms with van der Waals surface area (Å²) in [6.07, 6.45) is -1.86. The Balaban J connectivity index is 6.03. The zero-order chi connectivity index (χ0) is 23.7. The van der Waals surface area contributed by atoms with Crippen LogP contribution in [0, 0.1) is 0 Å². The molecule has 1 unspecified atom stereocenters. The molecule has 0 aromatic heterocycles. The van der Waals surface area contributed by atoms with E-state index in [1.807, 2.05) is 0 Å². The molecule has 0 rings (SSSR count). The van der Waals surface area contributed by atoms with Crippen molar-refractivity contribution in [1.29, 1.82) is 0 Å². The molecule has 13 nitrogen and oxygen atoms in total. The van der Waals surface area contributed by atoms with Gasteiger partial charge in [-0.1, -0.05) is 0 Å². The largest absolute Gasteiger partial charge is 0.481 e. The number of nitrogens with zero attached hydrogens (tertiary/aromatic N) is 1. The number of aliphatic hydroxyl groups is 3. The van der Waals surface area contributed by atoms with Crippen molar-refractivity contribution in [2.24, 2.45) is 0 Å². The molecule has 0 radical (unpaired) electrons. The highest BCUT2D eigenvalue weighted by Crippen LogP contribution is 2.28. The second-order valence-corrected chi connectivity index (χ2v) is 7.04. The van der Waals surface area contributed by atoms with Gasteiger partial charge in [0, 0.05) is 51.9 Å². The SMILES string of the molecule is O=C(O)CC(N(CCNCCO)CCNCCO)C(CC(=O)O)(CC(=O)O)NCCO. The fourth-order valence-corrected chi connectivity index (χ4v) is 3.50. The number of carboxylic acids is 3. The Kier molecular flexibility index (Phi) is 15.8. The maximum Gasteiger partial charge on any atom is 0.305 e. The average molecular weight is 453 g/mol. The Morgan fingerprint density at radius 1 is 0.710 bits per heavy atom. The van der Waals surface area contributed by atoms with E-state index < -0.39 is 55.4 Å². The minimum atomic E-state index is -1.66. The highest BCUT2D eigenvalue weighted by atomic mass is 16.4. The highest BCUT2D eigenvalue weighted by molar-refractivity contribution is 5.74. The van der Waals surface area contributed by atoms with Gasteiger partial charge in [0.15, 0.2) is 0 Å². The topological polar surface area (TPSA) is 212 Å². The number of aliphatic hydroxyl groups excluding tert-OH is 3. The predicted octanol–water partition coefficient (Wildman–Crippen LogP) is -3.43. The average Bonchev–Trinajstić information content (AvgIpc) is 2.68. The molecule has 31 heavy (non-hydrogen) atoms. The van der Waals surface area contributed by atoms with Crippen LogP contribution < -0.4 is 16.0 Å². The van der Waals surface area contributed by atoms with Crippen LogP contribution in [0.3, 0.4) is 0 Å². The van der Waals surface area contributed by atoms with E-state index in [0.29, 0.717) is 26.2 Å². The number of hydrogen-bond donors (Lipinski definition) is 9. The summed E-state index contributed by atoms with van der Waals surface area (Å²) in [5.41, 5.74) is -1.66. The molecule has 0 amide bonds. The Hall–Kier alpha value is -1.87. The van der Waals surface area contributed by atoms with Gasteiger partial charge in [0.1, 0.15) is 0 Å². The molecule has 0 saturated carbocycles. The van der Waals surface area contributed by atoms with E-state index in [-0.39, 0.29) is 32.8 Å². The molecule has 0 aliphatic carbocycles. The lowest BCUT2D eigenvalue weighted by molar-refractivity contribution is -0.147. The molecule has 0 aromatic carbocycles. The number of hydrogen-bond acceptors (Lipinski definition) is 10. The molecule has 0 saturated heterocycles.